The number of nitrogens with one attached hydrogen (secondary N) is 1. The number of hydrogen-bond donors (Lipinski definition) is 1. The lowest BCUT2D eigenvalue weighted by molar-refractivity contribution is 0.497. The number of nitrogens with zero attached hydrogens (tertiary/aromatic N) is 1. The summed E-state index contributed by atoms with van der Waals surface area (Å²) in [5.74, 6) is 0.458. The molecule has 3 nitrogen and oxygen atoms in total. The van der Waals surface area contributed by atoms with Crippen LogP contribution in [0.4, 0.5) is 10.1 Å². The van der Waals surface area contributed by atoms with Gasteiger partial charge in [0.05, 0.1) is 18.1 Å². The van der Waals surface area contributed by atoms with Gasteiger partial charge in [0.15, 0.2) is 0 Å². The van der Waals surface area contributed by atoms with E-state index in [-0.39, 0.29) is 6.04 Å². The topological polar surface area (TPSA) is 38.1 Å². The van der Waals surface area contributed by atoms with Gasteiger partial charge in [-0.25, -0.2) is 4.98 Å². The second-order valence-electron chi connectivity index (χ2n) is 3.70. The van der Waals surface area contributed by atoms with Gasteiger partial charge in [-0.1, -0.05) is 0 Å². The van der Waals surface area contributed by atoms with Crippen LogP contribution in [0, 0.1) is 5.95 Å². The molecule has 84 valence electrons. The number of anilines is 1. The highest BCUT2D eigenvalue weighted by molar-refractivity contribution is 5.40. The van der Waals surface area contributed by atoms with Gasteiger partial charge in [0.2, 0.25) is 5.95 Å². The third-order valence-corrected chi connectivity index (χ3v) is 2.23. The molecule has 2 aromatic heterocycles. The molecule has 0 aliphatic carbocycles. The van der Waals surface area contributed by atoms with Crippen LogP contribution in [0.25, 0.3) is 0 Å². The van der Waals surface area contributed by atoms with E-state index < -0.39 is 5.95 Å². The van der Waals surface area contributed by atoms with Gasteiger partial charge >= 0.3 is 0 Å². The molecule has 0 spiro atoms. The van der Waals surface area contributed by atoms with E-state index in [9.17, 15) is 4.39 Å². The monoisotopic (exact) mass is 220 g/mol. The number of furan rings is 1. The molecule has 1 N–H and O–H groups in total. The Morgan fingerprint density at radius 1 is 1.44 bits per heavy atom. The Bertz CT molecular complexity index is 425. The fourth-order valence-electron chi connectivity index (χ4n) is 1.53. The zero-order chi connectivity index (χ0) is 11.4. The summed E-state index contributed by atoms with van der Waals surface area (Å²) < 4.78 is 17.8. The van der Waals surface area contributed by atoms with Gasteiger partial charge in [0, 0.05) is 12.5 Å². The molecule has 1 unspecified atom stereocenters. The van der Waals surface area contributed by atoms with Crippen molar-refractivity contribution in [3.05, 3.63) is 48.4 Å². The minimum Gasteiger partial charge on any atom is -0.469 e. The van der Waals surface area contributed by atoms with Crippen molar-refractivity contribution >= 4 is 5.69 Å². The normalized spacial score (nSPS) is 12.4. The summed E-state index contributed by atoms with van der Waals surface area (Å²) in [5.41, 5.74) is 0.806. The summed E-state index contributed by atoms with van der Waals surface area (Å²) in [5, 5.41) is 3.22. The van der Waals surface area contributed by atoms with Crippen molar-refractivity contribution in [3.63, 3.8) is 0 Å². The third-order valence-electron chi connectivity index (χ3n) is 2.23. The van der Waals surface area contributed by atoms with Crippen molar-refractivity contribution < 1.29 is 8.81 Å². The molecule has 2 rings (SSSR count). The van der Waals surface area contributed by atoms with Gasteiger partial charge < -0.3 is 9.73 Å². The highest BCUT2D eigenvalue weighted by Crippen LogP contribution is 2.10. The highest BCUT2D eigenvalue weighted by Gasteiger charge is 2.05. The number of hydrogen-bond acceptors (Lipinski definition) is 3. The van der Waals surface area contributed by atoms with E-state index in [4.69, 9.17) is 4.42 Å². The maximum Gasteiger partial charge on any atom is 0.212 e. The summed E-state index contributed by atoms with van der Waals surface area (Å²) in [7, 11) is 0. The average Bonchev–Trinajstić information content (AvgIpc) is 2.74. The van der Waals surface area contributed by atoms with Crippen LogP contribution in [-0.4, -0.2) is 11.0 Å². The predicted molar refractivity (Wildman–Crippen MR) is 59.7 cm³/mol. The molecule has 0 aliphatic rings. The SMILES string of the molecule is CC(Cc1ccco1)Nc1ccc(F)nc1. The van der Waals surface area contributed by atoms with Crippen molar-refractivity contribution in [1.82, 2.24) is 4.98 Å². The molecule has 16 heavy (non-hydrogen) atoms. The van der Waals surface area contributed by atoms with Gasteiger partial charge in [-0.05, 0) is 31.2 Å². The Hall–Kier alpha value is -1.84. The molecular weight excluding hydrogens is 207 g/mol. The summed E-state index contributed by atoms with van der Waals surface area (Å²) in [6.45, 7) is 2.03. The summed E-state index contributed by atoms with van der Waals surface area (Å²) in [6, 6.07) is 7.00. The molecule has 2 aromatic rings. The van der Waals surface area contributed by atoms with Crippen molar-refractivity contribution in [2.45, 2.75) is 19.4 Å². The molecule has 0 radical (unpaired) electrons. The Kier molecular flexibility index (Phi) is 3.19. The van der Waals surface area contributed by atoms with Gasteiger partial charge in [-0.2, -0.15) is 4.39 Å². The van der Waals surface area contributed by atoms with E-state index in [1.165, 1.54) is 12.3 Å². The second-order valence-corrected chi connectivity index (χ2v) is 3.70. The molecule has 0 aliphatic heterocycles. The molecule has 0 aromatic carbocycles. The van der Waals surface area contributed by atoms with Crippen molar-refractivity contribution in [2.24, 2.45) is 0 Å². The van der Waals surface area contributed by atoms with Crippen LogP contribution in [0.1, 0.15) is 12.7 Å². The molecule has 2 heterocycles. The third kappa shape index (κ3) is 2.82. The molecule has 0 fully saturated rings. The van der Waals surface area contributed by atoms with E-state index >= 15 is 0 Å². The van der Waals surface area contributed by atoms with Crippen LogP contribution in [0.3, 0.4) is 0 Å². The largest absolute Gasteiger partial charge is 0.469 e. The molecule has 0 bridgehead atoms. The standard InChI is InChI=1S/C12H13FN2O/c1-9(7-11-3-2-6-16-11)15-10-4-5-12(13)14-8-10/h2-6,8-9,15H,7H2,1H3. The molecule has 0 amide bonds. The molecular formula is C12H13FN2O. The number of halogens is 1. The zero-order valence-electron chi connectivity index (χ0n) is 8.98. The minimum absolute atomic E-state index is 0.207. The van der Waals surface area contributed by atoms with Crippen LogP contribution < -0.4 is 5.32 Å². The van der Waals surface area contributed by atoms with Crippen molar-refractivity contribution in [3.8, 4) is 0 Å². The lowest BCUT2D eigenvalue weighted by Crippen LogP contribution is -2.17. The zero-order valence-corrected chi connectivity index (χ0v) is 8.98. The van der Waals surface area contributed by atoms with Crippen LogP contribution in [0.5, 0.6) is 0 Å². The Morgan fingerprint density at radius 3 is 2.94 bits per heavy atom. The summed E-state index contributed by atoms with van der Waals surface area (Å²) in [6.07, 6.45) is 3.92. The summed E-state index contributed by atoms with van der Waals surface area (Å²) >= 11 is 0. The maximum atomic E-state index is 12.6. The van der Waals surface area contributed by atoms with Crippen molar-refractivity contribution in [1.29, 1.82) is 0 Å². The number of aromatic nitrogens is 1. The minimum atomic E-state index is -0.468. The van der Waals surface area contributed by atoms with E-state index in [1.54, 1.807) is 12.3 Å². The maximum absolute atomic E-state index is 12.6. The fraction of sp³-hybridized carbons (Fsp3) is 0.250. The lowest BCUT2D eigenvalue weighted by atomic mass is 10.2. The predicted octanol–water partition coefficient (Wildman–Crippen LogP) is 2.86. The van der Waals surface area contributed by atoms with Crippen molar-refractivity contribution in [2.75, 3.05) is 5.32 Å². The quantitative estimate of drug-likeness (QED) is 0.805. The van der Waals surface area contributed by atoms with Crippen LogP contribution in [0.15, 0.2) is 41.1 Å². The first-order chi connectivity index (χ1) is 7.74. The lowest BCUT2D eigenvalue weighted by Gasteiger charge is -2.13. The number of rotatable bonds is 4. The Morgan fingerprint density at radius 2 is 2.31 bits per heavy atom. The van der Waals surface area contributed by atoms with Gasteiger partial charge in [0.25, 0.3) is 0 Å². The average molecular weight is 220 g/mol. The molecule has 0 saturated carbocycles. The molecule has 4 heteroatoms. The first-order valence-electron chi connectivity index (χ1n) is 5.14. The van der Waals surface area contributed by atoms with Crippen LogP contribution in [0.2, 0.25) is 0 Å². The first-order valence-corrected chi connectivity index (χ1v) is 5.14. The summed E-state index contributed by atoms with van der Waals surface area (Å²) in [4.78, 5) is 3.58. The Balaban J connectivity index is 1.92. The van der Waals surface area contributed by atoms with Crippen LogP contribution >= 0.6 is 0 Å². The molecule has 1 atom stereocenters. The smallest absolute Gasteiger partial charge is 0.212 e. The van der Waals surface area contributed by atoms with E-state index in [2.05, 4.69) is 10.3 Å². The van der Waals surface area contributed by atoms with E-state index in [0.29, 0.717) is 0 Å². The number of pyridine rings is 1. The van der Waals surface area contributed by atoms with Gasteiger partial charge in [-0.15, -0.1) is 0 Å². The van der Waals surface area contributed by atoms with Gasteiger partial charge in [0.1, 0.15) is 5.76 Å². The Labute approximate surface area is 93.3 Å². The fourth-order valence-corrected chi connectivity index (χ4v) is 1.53. The second kappa shape index (κ2) is 4.79. The highest BCUT2D eigenvalue weighted by atomic mass is 19.1. The molecule has 0 saturated heterocycles. The van der Waals surface area contributed by atoms with Gasteiger partial charge in [-0.3, -0.25) is 0 Å². The van der Waals surface area contributed by atoms with E-state index in [1.807, 2.05) is 19.1 Å². The first kappa shape index (κ1) is 10.7. The van der Waals surface area contributed by atoms with E-state index in [0.717, 1.165) is 17.9 Å². The van der Waals surface area contributed by atoms with Crippen LogP contribution in [-0.2, 0) is 6.42 Å².